The van der Waals surface area contributed by atoms with Gasteiger partial charge in [-0.25, -0.2) is 4.98 Å². The van der Waals surface area contributed by atoms with Crippen molar-refractivity contribution in [1.29, 1.82) is 0 Å². The molecule has 1 fully saturated rings. The summed E-state index contributed by atoms with van der Waals surface area (Å²) in [4.78, 5) is 21.9. The molecule has 1 amide bonds. The molecule has 0 bridgehead atoms. The smallest absolute Gasteiger partial charge is 0.227 e. The van der Waals surface area contributed by atoms with Crippen LogP contribution in [0.4, 0.5) is 5.13 Å². The van der Waals surface area contributed by atoms with Crippen molar-refractivity contribution in [2.75, 3.05) is 45.3 Å². The molecule has 4 rings (SSSR count). The molecule has 0 saturated carbocycles. The second-order valence-electron chi connectivity index (χ2n) is 7.62. The average molecular weight is 426 g/mol. The first kappa shape index (κ1) is 20.5. The fraction of sp³-hybridized carbons (Fsp3) is 0.391. The molecule has 3 aromatic rings. The van der Waals surface area contributed by atoms with Crippen LogP contribution in [0, 0.1) is 13.8 Å². The molecule has 2 heterocycles. The second kappa shape index (κ2) is 8.52. The van der Waals surface area contributed by atoms with Crippen LogP contribution in [0.5, 0.6) is 11.5 Å². The molecule has 1 aliphatic heterocycles. The third kappa shape index (κ3) is 3.94. The molecule has 1 saturated heterocycles. The Balaban J connectivity index is 1.45. The number of methoxy groups -OCH3 is 2. The molecule has 6 nitrogen and oxygen atoms in total. The average Bonchev–Trinajstić information content (AvgIpc) is 3.21. The van der Waals surface area contributed by atoms with Gasteiger partial charge >= 0.3 is 0 Å². The van der Waals surface area contributed by atoms with E-state index in [1.807, 2.05) is 17.0 Å². The molecule has 1 aromatic heterocycles. The number of piperazine rings is 1. The maximum absolute atomic E-state index is 12.8. The zero-order valence-electron chi connectivity index (χ0n) is 17.9. The largest absolute Gasteiger partial charge is 0.495 e. The second-order valence-corrected chi connectivity index (χ2v) is 8.60. The van der Waals surface area contributed by atoms with Gasteiger partial charge in [-0.2, -0.15) is 0 Å². The van der Waals surface area contributed by atoms with Crippen molar-refractivity contribution in [2.45, 2.75) is 20.3 Å². The van der Waals surface area contributed by atoms with E-state index in [0.29, 0.717) is 19.5 Å². The summed E-state index contributed by atoms with van der Waals surface area (Å²) in [5.41, 5.74) is 4.30. The molecule has 0 radical (unpaired) electrons. The number of ether oxygens (including phenoxy) is 2. The van der Waals surface area contributed by atoms with Gasteiger partial charge in [0, 0.05) is 26.2 Å². The Morgan fingerprint density at radius 2 is 1.73 bits per heavy atom. The number of hydrogen-bond donors (Lipinski definition) is 0. The number of aromatic nitrogens is 1. The minimum absolute atomic E-state index is 0.191. The Morgan fingerprint density at radius 1 is 1.03 bits per heavy atom. The Bertz CT molecular complexity index is 1030. The number of carbonyl (C=O) groups is 1. The third-order valence-corrected chi connectivity index (χ3v) is 6.78. The molecule has 0 N–H and O–H groups in total. The van der Waals surface area contributed by atoms with Gasteiger partial charge in [-0.05, 0) is 37.1 Å². The summed E-state index contributed by atoms with van der Waals surface area (Å²) in [5.74, 6) is 1.74. The summed E-state index contributed by atoms with van der Waals surface area (Å²) in [6, 6.07) is 10.1. The van der Waals surface area contributed by atoms with Crippen LogP contribution in [0.25, 0.3) is 10.2 Å². The number of benzene rings is 2. The van der Waals surface area contributed by atoms with Crippen molar-refractivity contribution in [3.63, 3.8) is 0 Å². The minimum atomic E-state index is 0.191. The molecule has 7 heteroatoms. The molecular weight excluding hydrogens is 398 g/mol. The Kier molecular flexibility index (Phi) is 5.81. The maximum Gasteiger partial charge on any atom is 0.227 e. The van der Waals surface area contributed by atoms with Crippen LogP contribution < -0.4 is 14.4 Å². The monoisotopic (exact) mass is 425 g/mol. The highest BCUT2D eigenvalue weighted by atomic mass is 32.1. The first-order valence-electron chi connectivity index (χ1n) is 10.1. The lowest BCUT2D eigenvalue weighted by atomic mass is 10.0. The van der Waals surface area contributed by atoms with E-state index in [9.17, 15) is 4.79 Å². The summed E-state index contributed by atoms with van der Waals surface area (Å²) in [6.45, 7) is 7.07. The summed E-state index contributed by atoms with van der Waals surface area (Å²) in [6.07, 6.45) is 0.461. The summed E-state index contributed by atoms with van der Waals surface area (Å²) in [7, 11) is 3.32. The number of hydrogen-bond acceptors (Lipinski definition) is 6. The molecule has 2 aromatic carbocycles. The topological polar surface area (TPSA) is 54.9 Å². The molecule has 0 unspecified atom stereocenters. The van der Waals surface area contributed by atoms with E-state index in [1.165, 1.54) is 11.1 Å². The molecule has 0 atom stereocenters. The SMILES string of the molecule is COc1ccc(OC)c2sc(N3CCN(C(=O)Cc4cc(C)ccc4C)CC3)nc12. The Labute approximate surface area is 181 Å². The number of nitrogens with zero attached hydrogens (tertiary/aromatic N) is 3. The molecule has 0 spiro atoms. The van der Waals surface area contributed by atoms with Gasteiger partial charge in [0.25, 0.3) is 0 Å². The van der Waals surface area contributed by atoms with Crippen LogP contribution >= 0.6 is 11.3 Å². The highest BCUT2D eigenvalue weighted by Crippen LogP contribution is 2.40. The first-order valence-corrected chi connectivity index (χ1v) is 10.9. The number of amides is 1. The summed E-state index contributed by atoms with van der Waals surface area (Å²) >= 11 is 1.61. The highest BCUT2D eigenvalue weighted by molar-refractivity contribution is 7.22. The van der Waals surface area contributed by atoms with E-state index in [1.54, 1.807) is 25.6 Å². The van der Waals surface area contributed by atoms with Crippen LogP contribution in [-0.4, -0.2) is 56.2 Å². The van der Waals surface area contributed by atoms with E-state index in [0.717, 1.165) is 45.5 Å². The highest BCUT2D eigenvalue weighted by Gasteiger charge is 2.24. The van der Waals surface area contributed by atoms with E-state index < -0.39 is 0 Å². The fourth-order valence-electron chi connectivity index (χ4n) is 3.82. The number of thiazole rings is 1. The first-order chi connectivity index (χ1) is 14.5. The normalized spacial score (nSPS) is 14.3. The third-order valence-electron chi connectivity index (χ3n) is 5.65. The molecule has 158 valence electrons. The van der Waals surface area contributed by atoms with Crippen LogP contribution in [-0.2, 0) is 11.2 Å². The van der Waals surface area contributed by atoms with Gasteiger partial charge < -0.3 is 19.3 Å². The van der Waals surface area contributed by atoms with Crippen molar-refractivity contribution in [1.82, 2.24) is 9.88 Å². The van der Waals surface area contributed by atoms with Gasteiger partial charge in [-0.1, -0.05) is 35.1 Å². The molecule has 0 aliphatic carbocycles. The van der Waals surface area contributed by atoms with E-state index in [-0.39, 0.29) is 5.91 Å². The van der Waals surface area contributed by atoms with Crippen LogP contribution in [0.2, 0.25) is 0 Å². The number of carbonyl (C=O) groups excluding carboxylic acids is 1. The van der Waals surface area contributed by atoms with Gasteiger partial charge in [0.15, 0.2) is 5.13 Å². The fourth-order valence-corrected chi connectivity index (χ4v) is 4.95. The number of fused-ring (bicyclic) bond motifs is 1. The van der Waals surface area contributed by atoms with Crippen molar-refractivity contribution >= 4 is 32.6 Å². The van der Waals surface area contributed by atoms with E-state index in [4.69, 9.17) is 14.5 Å². The number of aryl methyl sites for hydroxylation is 2. The molecular formula is C23H27N3O3S. The van der Waals surface area contributed by atoms with Crippen LogP contribution in [0.1, 0.15) is 16.7 Å². The lowest BCUT2D eigenvalue weighted by molar-refractivity contribution is -0.130. The zero-order valence-corrected chi connectivity index (χ0v) is 18.7. The predicted octanol–water partition coefficient (Wildman–Crippen LogP) is 3.82. The van der Waals surface area contributed by atoms with Gasteiger partial charge in [-0.15, -0.1) is 0 Å². The lowest BCUT2D eigenvalue weighted by Gasteiger charge is -2.34. The number of anilines is 1. The molecule has 30 heavy (non-hydrogen) atoms. The summed E-state index contributed by atoms with van der Waals surface area (Å²) in [5, 5.41) is 0.939. The Morgan fingerprint density at radius 3 is 2.43 bits per heavy atom. The van der Waals surface area contributed by atoms with Gasteiger partial charge in [0.1, 0.15) is 21.7 Å². The quantitative estimate of drug-likeness (QED) is 0.622. The van der Waals surface area contributed by atoms with Gasteiger partial charge in [0.2, 0.25) is 5.91 Å². The molecule has 1 aliphatic rings. The van der Waals surface area contributed by atoms with Crippen LogP contribution in [0.3, 0.4) is 0 Å². The number of rotatable bonds is 5. The van der Waals surface area contributed by atoms with E-state index in [2.05, 4.69) is 36.9 Å². The maximum atomic E-state index is 12.8. The van der Waals surface area contributed by atoms with Crippen molar-refractivity contribution in [3.05, 3.63) is 47.0 Å². The van der Waals surface area contributed by atoms with Gasteiger partial charge in [-0.3, -0.25) is 4.79 Å². The van der Waals surface area contributed by atoms with Crippen LogP contribution in [0.15, 0.2) is 30.3 Å². The minimum Gasteiger partial charge on any atom is -0.495 e. The predicted molar refractivity (Wildman–Crippen MR) is 121 cm³/mol. The van der Waals surface area contributed by atoms with Gasteiger partial charge in [0.05, 0.1) is 20.6 Å². The zero-order chi connectivity index (χ0) is 21.3. The summed E-state index contributed by atoms with van der Waals surface area (Å²) < 4.78 is 11.9. The van der Waals surface area contributed by atoms with E-state index >= 15 is 0 Å². The standard InChI is InChI=1S/C23H27N3O3S/c1-15-5-6-16(2)17(13-15)14-20(27)25-9-11-26(12-10-25)23-24-21-18(28-3)7-8-19(29-4)22(21)30-23/h5-8,13H,9-12,14H2,1-4H3. The van der Waals surface area contributed by atoms with Crippen molar-refractivity contribution < 1.29 is 14.3 Å². The van der Waals surface area contributed by atoms with Crippen molar-refractivity contribution in [3.8, 4) is 11.5 Å². The lowest BCUT2D eigenvalue weighted by Crippen LogP contribution is -2.49. The van der Waals surface area contributed by atoms with Crippen molar-refractivity contribution in [2.24, 2.45) is 0 Å². The Hall–Kier alpha value is -2.80.